The number of fused-ring (bicyclic) bond motifs is 4. The van der Waals surface area contributed by atoms with Gasteiger partial charge in [-0.2, -0.15) is 0 Å². The minimum absolute atomic E-state index is 0.220. The van der Waals surface area contributed by atoms with Crippen molar-refractivity contribution in [1.82, 2.24) is 0 Å². The summed E-state index contributed by atoms with van der Waals surface area (Å²) in [6.45, 7) is 0.220. The maximum absolute atomic E-state index is 13.5. The molecular formula is C30H20O2. The van der Waals surface area contributed by atoms with Gasteiger partial charge in [0.25, 0.3) is 0 Å². The number of esters is 1. The lowest BCUT2D eigenvalue weighted by Crippen LogP contribution is -2.07. The number of carbonyl (C=O) groups is 1. The van der Waals surface area contributed by atoms with Crippen LogP contribution in [0.4, 0.5) is 0 Å². The molecule has 6 aromatic rings. The molecule has 6 rings (SSSR count). The van der Waals surface area contributed by atoms with Gasteiger partial charge in [0.05, 0.1) is 5.56 Å². The Morgan fingerprint density at radius 2 is 0.906 bits per heavy atom. The molecule has 2 nitrogen and oxygen atoms in total. The topological polar surface area (TPSA) is 26.3 Å². The Balaban J connectivity index is 1.48. The normalized spacial score (nSPS) is 11.4. The molecule has 2 heteroatoms. The van der Waals surface area contributed by atoms with E-state index in [1.165, 1.54) is 0 Å². The first kappa shape index (κ1) is 18.6. The molecule has 0 radical (unpaired) electrons. The van der Waals surface area contributed by atoms with Crippen LogP contribution in [-0.2, 0) is 11.3 Å². The van der Waals surface area contributed by atoms with Crippen molar-refractivity contribution in [3.8, 4) is 0 Å². The predicted molar refractivity (Wildman–Crippen MR) is 132 cm³/mol. The van der Waals surface area contributed by atoms with Gasteiger partial charge in [0, 0.05) is 5.56 Å². The van der Waals surface area contributed by atoms with E-state index in [4.69, 9.17) is 4.74 Å². The van der Waals surface area contributed by atoms with E-state index < -0.39 is 0 Å². The summed E-state index contributed by atoms with van der Waals surface area (Å²) >= 11 is 0. The number of benzene rings is 6. The van der Waals surface area contributed by atoms with Crippen LogP contribution in [-0.4, -0.2) is 5.97 Å². The van der Waals surface area contributed by atoms with Crippen molar-refractivity contribution in [3.05, 3.63) is 120 Å². The summed E-state index contributed by atoms with van der Waals surface area (Å²) in [6, 6.07) is 36.8. The molecule has 0 bridgehead atoms. The summed E-state index contributed by atoms with van der Waals surface area (Å²) in [4.78, 5) is 13.5. The molecule has 0 fully saturated rings. The minimum atomic E-state index is -0.296. The minimum Gasteiger partial charge on any atom is -0.457 e. The van der Waals surface area contributed by atoms with Gasteiger partial charge < -0.3 is 4.74 Å². The average molecular weight is 412 g/mol. The number of rotatable bonds is 3. The quantitative estimate of drug-likeness (QED) is 0.220. The lowest BCUT2D eigenvalue weighted by atomic mass is 9.96. The van der Waals surface area contributed by atoms with Gasteiger partial charge in [-0.15, -0.1) is 0 Å². The summed E-state index contributed by atoms with van der Waals surface area (Å²) < 4.78 is 6.01. The third-order valence-corrected chi connectivity index (χ3v) is 6.21. The lowest BCUT2D eigenvalue weighted by molar-refractivity contribution is 0.0480. The zero-order valence-electron chi connectivity index (χ0n) is 17.4. The van der Waals surface area contributed by atoms with Crippen molar-refractivity contribution < 1.29 is 9.53 Å². The highest BCUT2D eigenvalue weighted by atomic mass is 16.5. The average Bonchev–Trinajstić information content (AvgIpc) is 2.84. The summed E-state index contributed by atoms with van der Waals surface area (Å²) in [5.74, 6) is -0.296. The van der Waals surface area contributed by atoms with E-state index in [0.29, 0.717) is 5.56 Å². The fourth-order valence-corrected chi connectivity index (χ4v) is 4.71. The maximum Gasteiger partial charge on any atom is 0.339 e. The second kappa shape index (κ2) is 7.51. The fraction of sp³-hybridized carbons (Fsp3) is 0.0333. The Bertz CT molecular complexity index is 1540. The van der Waals surface area contributed by atoms with Crippen LogP contribution < -0.4 is 0 Å². The third kappa shape index (κ3) is 3.00. The van der Waals surface area contributed by atoms with E-state index in [0.717, 1.165) is 48.7 Å². The van der Waals surface area contributed by atoms with Gasteiger partial charge in [-0.1, -0.05) is 97.1 Å². The smallest absolute Gasteiger partial charge is 0.339 e. The molecule has 0 aliphatic rings. The van der Waals surface area contributed by atoms with Gasteiger partial charge in [-0.25, -0.2) is 4.79 Å². The maximum atomic E-state index is 13.5. The van der Waals surface area contributed by atoms with Crippen LogP contribution in [0.15, 0.2) is 109 Å². The first-order chi connectivity index (χ1) is 15.8. The molecule has 0 amide bonds. The molecule has 0 N–H and O–H groups in total. The van der Waals surface area contributed by atoms with Gasteiger partial charge in [-0.3, -0.25) is 0 Å². The molecule has 0 saturated carbocycles. The van der Waals surface area contributed by atoms with Crippen LogP contribution in [0.5, 0.6) is 0 Å². The second-order valence-electron chi connectivity index (χ2n) is 8.07. The molecule has 0 aliphatic heterocycles. The standard InChI is InChI=1S/C30H20O2/c31-30(29-26-15-7-3-11-22(26)18-23-12-4-8-16-27(23)29)32-19-28-24-13-5-1-9-20(24)17-21-10-2-6-14-25(21)28/h1-18H,19H2. The molecule has 0 saturated heterocycles. The number of hydrogen-bond acceptors (Lipinski definition) is 2. The number of hydrogen-bond donors (Lipinski definition) is 0. The second-order valence-corrected chi connectivity index (χ2v) is 8.07. The first-order valence-electron chi connectivity index (χ1n) is 10.8. The van der Waals surface area contributed by atoms with Crippen LogP contribution in [0.3, 0.4) is 0 Å². The molecule has 0 aromatic heterocycles. The van der Waals surface area contributed by atoms with Gasteiger partial charge >= 0.3 is 5.97 Å². The molecule has 0 heterocycles. The number of ether oxygens (including phenoxy) is 1. The Morgan fingerprint density at radius 3 is 1.38 bits per heavy atom. The van der Waals surface area contributed by atoms with Crippen molar-refractivity contribution in [2.24, 2.45) is 0 Å². The number of carbonyl (C=O) groups excluding carboxylic acids is 1. The van der Waals surface area contributed by atoms with Crippen LogP contribution in [0.2, 0.25) is 0 Å². The van der Waals surface area contributed by atoms with Gasteiger partial charge in [0.2, 0.25) is 0 Å². The molecule has 0 aliphatic carbocycles. The van der Waals surface area contributed by atoms with Crippen molar-refractivity contribution in [2.75, 3.05) is 0 Å². The molecule has 152 valence electrons. The Labute approximate surface area is 185 Å². The largest absolute Gasteiger partial charge is 0.457 e. The fourth-order valence-electron chi connectivity index (χ4n) is 4.71. The van der Waals surface area contributed by atoms with Crippen LogP contribution in [0.1, 0.15) is 15.9 Å². The van der Waals surface area contributed by atoms with E-state index >= 15 is 0 Å². The van der Waals surface area contributed by atoms with Gasteiger partial charge in [0.15, 0.2) is 0 Å². The zero-order valence-corrected chi connectivity index (χ0v) is 17.4. The Morgan fingerprint density at radius 1 is 0.531 bits per heavy atom. The summed E-state index contributed by atoms with van der Waals surface area (Å²) in [5.41, 5.74) is 1.67. The Kier molecular flexibility index (Phi) is 4.36. The van der Waals surface area contributed by atoms with Crippen molar-refractivity contribution in [1.29, 1.82) is 0 Å². The summed E-state index contributed by atoms with van der Waals surface area (Å²) in [6.07, 6.45) is 0. The van der Waals surface area contributed by atoms with Crippen molar-refractivity contribution in [2.45, 2.75) is 6.61 Å². The molecule has 0 spiro atoms. The van der Waals surface area contributed by atoms with Crippen LogP contribution in [0, 0.1) is 0 Å². The molecule has 32 heavy (non-hydrogen) atoms. The first-order valence-corrected chi connectivity index (χ1v) is 10.8. The highest BCUT2D eigenvalue weighted by Gasteiger charge is 2.17. The molecular weight excluding hydrogens is 392 g/mol. The molecule has 6 aromatic carbocycles. The lowest BCUT2D eigenvalue weighted by Gasteiger charge is -2.14. The van der Waals surface area contributed by atoms with E-state index in [9.17, 15) is 4.79 Å². The van der Waals surface area contributed by atoms with Crippen LogP contribution >= 0.6 is 0 Å². The highest BCUT2D eigenvalue weighted by Crippen LogP contribution is 2.32. The van der Waals surface area contributed by atoms with E-state index in [2.05, 4.69) is 36.4 Å². The highest BCUT2D eigenvalue weighted by molar-refractivity contribution is 6.16. The van der Waals surface area contributed by atoms with Crippen LogP contribution in [0.25, 0.3) is 43.1 Å². The predicted octanol–water partition coefficient (Wildman–Crippen LogP) is 7.66. The summed E-state index contributed by atoms with van der Waals surface area (Å²) in [7, 11) is 0. The Hall–Kier alpha value is -4.17. The SMILES string of the molecule is O=C(OCc1c2ccccc2cc2ccccc12)c1c2ccccc2cc2ccccc12. The summed E-state index contributed by atoms with van der Waals surface area (Å²) in [5, 5.41) is 8.42. The monoisotopic (exact) mass is 412 g/mol. The molecule has 0 unspecified atom stereocenters. The van der Waals surface area contributed by atoms with E-state index in [-0.39, 0.29) is 12.6 Å². The zero-order chi connectivity index (χ0) is 21.5. The molecule has 0 atom stereocenters. The van der Waals surface area contributed by atoms with Crippen molar-refractivity contribution >= 4 is 49.1 Å². The van der Waals surface area contributed by atoms with Crippen molar-refractivity contribution in [3.63, 3.8) is 0 Å². The third-order valence-electron chi connectivity index (χ3n) is 6.21. The van der Waals surface area contributed by atoms with E-state index in [1.54, 1.807) is 0 Å². The van der Waals surface area contributed by atoms with E-state index in [1.807, 2.05) is 72.8 Å². The van der Waals surface area contributed by atoms with Gasteiger partial charge in [0.1, 0.15) is 6.61 Å². The van der Waals surface area contributed by atoms with Gasteiger partial charge in [-0.05, 0) is 55.2 Å².